The van der Waals surface area contributed by atoms with Gasteiger partial charge in [-0.05, 0) is 29.7 Å². The van der Waals surface area contributed by atoms with E-state index in [1.54, 1.807) is 18.5 Å². The van der Waals surface area contributed by atoms with Crippen LogP contribution < -0.4 is 0 Å². The maximum atomic E-state index is 9.64. The molecule has 0 aromatic rings. The van der Waals surface area contributed by atoms with Gasteiger partial charge in [0, 0.05) is 6.20 Å². The summed E-state index contributed by atoms with van der Waals surface area (Å²) < 4.78 is 0. The third-order valence-corrected chi connectivity index (χ3v) is 2.35. The highest BCUT2D eigenvalue weighted by molar-refractivity contribution is 5.41. The normalized spacial score (nSPS) is 24.3. The van der Waals surface area contributed by atoms with Crippen LogP contribution in [0.2, 0.25) is 0 Å². The van der Waals surface area contributed by atoms with Gasteiger partial charge >= 0.3 is 0 Å². The fourth-order valence-corrected chi connectivity index (χ4v) is 1.43. The van der Waals surface area contributed by atoms with Gasteiger partial charge in [0.25, 0.3) is 0 Å². The Balaban J connectivity index is 2.40. The van der Waals surface area contributed by atoms with Crippen molar-refractivity contribution in [2.75, 3.05) is 0 Å². The van der Waals surface area contributed by atoms with Crippen LogP contribution >= 0.6 is 0 Å². The molecule has 2 rings (SSSR count). The standard InChI is InChI=1S/C11H13N3O/c1-8(2)9-4-6-14(15)11(7-9)10-3-5-12-13-10/h3-8,15H,1-2H3. The largest absolute Gasteiger partial charge is 0.284 e. The van der Waals surface area contributed by atoms with E-state index in [0.29, 0.717) is 17.3 Å². The summed E-state index contributed by atoms with van der Waals surface area (Å²) in [5.74, 6) is 0.424. The van der Waals surface area contributed by atoms with Crippen LogP contribution in [0.25, 0.3) is 0 Å². The van der Waals surface area contributed by atoms with Gasteiger partial charge in [0.05, 0.1) is 11.9 Å². The van der Waals surface area contributed by atoms with Crippen molar-refractivity contribution in [3.05, 3.63) is 47.6 Å². The molecule has 15 heavy (non-hydrogen) atoms. The molecule has 1 N–H and O–H groups in total. The van der Waals surface area contributed by atoms with Gasteiger partial charge in [-0.1, -0.05) is 13.8 Å². The summed E-state index contributed by atoms with van der Waals surface area (Å²) in [6.07, 6.45) is 8.82. The van der Waals surface area contributed by atoms with Crippen LogP contribution in [-0.4, -0.2) is 10.3 Å². The molecule has 0 fully saturated rings. The molecule has 4 nitrogen and oxygen atoms in total. The summed E-state index contributed by atoms with van der Waals surface area (Å²) in [5, 5.41) is 18.4. The predicted octanol–water partition coefficient (Wildman–Crippen LogP) is 2.98. The smallest absolute Gasteiger partial charge is 0.113 e. The fraction of sp³-hybridized carbons (Fsp3) is 0.273. The summed E-state index contributed by atoms with van der Waals surface area (Å²) in [6.45, 7) is 4.22. The number of nitrogens with zero attached hydrogens (tertiary/aromatic N) is 3. The van der Waals surface area contributed by atoms with E-state index in [4.69, 9.17) is 0 Å². The molecule has 2 aliphatic heterocycles. The molecule has 0 aromatic heterocycles. The van der Waals surface area contributed by atoms with Crippen molar-refractivity contribution in [3.63, 3.8) is 0 Å². The maximum Gasteiger partial charge on any atom is 0.113 e. The lowest BCUT2D eigenvalue weighted by Gasteiger charge is -2.20. The van der Waals surface area contributed by atoms with E-state index in [1.165, 1.54) is 5.57 Å². The quantitative estimate of drug-likeness (QED) is 0.712. The zero-order valence-electron chi connectivity index (χ0n) is 8.75. The van der Waals surface area contributed by atoms with Crippen molar-refractivity contribution in [1.82, 2.24) is 5.06 Å². The van der Waals surface area contributed by atoms with E-state index in [9.17, 15) is 5.21 Å². The van der Waals surface area contributed by atoms with Crippen LogP contribution in [-0.2, 0) is 0 Å². The molecule has 0 amide bonds. The molecule has 4 heteroatoms. The van der Waals surface area contributed by atoms with Crippen LogP contribution in [0.15, 0.2) is 57.8 Å². The second-order valence-electron chi connectivity index (χ2n) is 3.76. The summed E-state index contributed by atoms with van der Waals surface area (Å²) in [5.41, 5.74) is 2.51. The van der Waals surface area contributed by atoms with Crippen molar-refractivity contribution in [2.45, 2.75) is 13.8 Å². The van der Waals surface area contributed by atoms with Crippen molar-refractivity contribution < 1.29 is 5.21 Å². The highest BCUT2D eigenvalue weighted by atomic mass is 16.5. The van der Waals surface area contributed by atoms with E-state index in [2.05, 4.69) is 24.1 Å². The second-order valence-corrected chi connectivity index (χ2v) is 3.76. The lowest BCUT2D eigenvalue weighted by atomic mass is 10.00. The number of azo groups is 1. The van der Waals surface area contributed by atoms with Crippen molar-refractivity contribution in [2.24, 2.45) is 16.1 Å². The Morgan fingerprint density at radius 1 is 1.33 bits per heavy atom. The van der Waals surface area contributed by atoms with Gasteiger partial charge < -0.3 is 0 Å². The van der Waals surface area contributed by atoms with E-state index < -0.39 is 0 Å². The van der Waals surface area contributed by atoms with Gasteiger partial charge in [0.15, 0.2) is 0 Å². The van der Waals surface area contributed by atoms with Gasteiger partial charge in [-0.2, -0.15) is 5.11 Å². The Morgan fingerprint density at radius 2 is 2.13 bits per heavy atom. The fourth-order valence-electron chi connectivity index (χ4n) is 1.43. The number of hydroxylamine groups is 2. The molecule has 0 spiro atoms. The number of allylic oxidation sites excluding steroid dienone is 4. The van der Waals surface area contributed by atoms with E-state index in [-0.39, 0.29) is 0 Å². The zero-order valence-corrected chi connectivity index (χ0v) is 8.75. The monoisotopic (exact) mass is 203 g/mol. The lowest BCUT2D eigenvalue weighted by Crippen LogP contribution is -2.15. The maximum absolute atomic E-state index is 9.64. The Kier molecular flexibility index (Phi) is 2.51. The Bertz CT molecular complexity index is 400. The summed E-state index contributed by atoms with van der Waals surface area (Å²) >= 11 is 0. The number of hydrogen-bond donors (Lipinski definition) is 1. The molecular formula is C11H13N3O. The molecule has 78 valence electrons. The first-order valence-electron chi connectivity index (χ1n) is 4.88. The molecule has 0 saturated heterocycles. The minimum Gasteiger partial charge on any atom is -0.284 e. The molecule has 0 saturated carbocycles. The summed E-state index contributed by atoms with van der Waals surface area (Å²) in [7, 11) is 0. The minimum atomic E-state index is 0.424. The SMILES string of the molecule is CC(C)C1=CC(=C2C=CN=N2)N(O)C=C1. The van der Waals surface area contributed by atoms with E-state index in [1.807, 2.05) is 12.2 Å². The molecule has 0 atom stereocenters. The van der Waals surface area contributed by atoms with Gasteiger partial charge in [0.2, 0.25) is 0 Å². The van der Waals surface area contributed by atoms with Crippen molar-refractivity contribution >= 4 is 0 Å². The van der Waals surface area contributed by atoms with Gasteiger partial charge in [-0.3, -0.25) is 5.21 Å². The highest BCUT2D eigenvalue weighted by Gasteiger charge is 2.15. The predicted molar refractivity (Wildman–Crippen MR) is 56.7 cm³/mol. The Hall–Kier alpha value is -1.68. The van der Waals surface area contributed by atoms with Crippen LogP contribution in [0.1, 0.15) is 13.8 Å². The van der Waals surface area contributed by atoms with Crippen LogP contribution in [0, 0.1) is 5.92 Å². The molecule has 2 heterocycles. The number of hydrogen-bond acceptors (Lipinski definition) is 4. The number of rotatable bonds is 1. The first kappa shape index (κ1) is 9.86. The van der Waals surface area contributed by atoms with Gasteiger partial charge in [0.1, 0.15) is 5.70 Å². The summed E-state index contributed by atoms with van der Waals surface area (Å²) in [6, 6.07) is 0. The van der Waals surface area contributed by atoms with Gasteiger partial charge in [-0.25, -0.2) is 5.06 Å². The van der Waals surface area contributed by atoms with Crippen LogP contribution in [0.3, 0.4) is 0 Å². The van der Waals surface area contributed by atoms with Gasteiger partial charge in [-0.15, -0.1) is 5.11 Å². The molecule has 2 aliphatic rings. The molecule has 0 unspecified atom stereocenters. The highest BCUT2D eigenvalue weighted by Crippen LogP contribution is 2.25. The van der Waals surface area contributed by atoms with Crippen LogP contribution in [0.4, 0.5) is 0 Å². The van der Waals surface area contributed by atoms with Crippen LogP contribution in [0.5, 0.6) is 0 Å². The summed E-state index contributed by atoms with van der Waals surface area (Å²) in [4.78, 5) is 0. The van der Waals surface area contributed by atoms with E-state index in [0.717, 1.165) is 5.06 Å². The van der Waals surface area contributed by atoms with Crippen molar-refractivity contribution in [3.8, 4) is 0 Å². The Labute approximate surface area is 88.6 Å². The first-order chi connectivity index (χ1) is 7.18. The van der Waals surface area contributed by atoms with E-state index >= 15 is 0 Å². The topological polar surface area (TPSA) is 48.2 Å². The molecule has 0 aromatic carbocycles. The third kappa shape index (κ3) is 1.89. The molecule has 0 aliphatic carbocycles. The second kappa shape index (κ2) is 3.82. The molecular weight excluding hydrogens is 190 g/mol. The Morgan fingerprint density at radius 3 is 2.73 bits per heavy atom. The first-order valence-corrected chi connectivity index (χ1v) is 4.88. The third-order valence-electron chi connectivity index (χ3n) is 2.35. The average molecular weight is 203 g/mol. The minimum absolute atomic E-state index is 0.424. The lowest BCUT2D eigenvalue weighted by molar-refractivity contribution is -0.00164. The molecule has 0 bridgehead atoms. The molecule has 0 radical (unpaired) electrons. The van der Waals surface area contributed by atoms with Crippen molar-refractivity contribution in [1.29, 1.82) is 0 Å². The average Bonchev–Trinajstić information content (AvgIpc) is 2.71. The zero-order chi connectivity index (χ0) is 10.8.